The summed E-state index contributed by atoms with van der Waals surface area (Å²) in [5.74, 6) is 5.18. The van der Waals surface area contributed by atoms with Gasteiger partial charge < -0.3 is 9.84 Å². The molecule has 4 aliphatic rings. The van der Waals surface area contributed by atoms with Gasteiger partial charge in [-0.25, -0.2) is 0 Å². The van der Waals surface area contributed by atoms with Gasteiger partial charge in [0.05, 0.1) is 6.10 Å². The highest BCUT2D eigenvalue weighted by Crippen LogP contribution is 2.67. The molecule has 4 rings (SSSR count). The first kappa shape index (κ1) is 39.4. The Hall–Kier alpha value is -1.35. The van der Waals surface area contributed by atoms with Crippen LogP contribution in [0.2, 0.25) is 0 Å². The summed E-state index contributed by atoms with van der Waals surface area (Å²) in [7, 11) is 0. The van der Waals surface area contributed by atoms with Crippen LogP contribution in [0.5, 0.6) is 0 Å². The van der Waals surface area contributed by atoms with E-state index in [2.05, 4.69) is 59.8 Å². The second-order valence-corrected chi connectivity index (χ2v) is 17.8. The zero-order valence-electron chi connectivity index (χ0n) is 32.3. The Morgan fingerprint density at radius 1 is 0.896 bits per heavy atom. The molecule has 0 heterocycles. The Morgan fingerprint density at radius 3 is 2.48 bits per heavy atom. The molecule has 0 aromatic carbocycles. The van der Waals surface area contributed by atoms with Crippen LogP contribution in [0, 0.1) is 46.3 Å². The zero-order valence-corrected chi connectivity index (χ0v) is 32.3. The van der Waals surface area contributed by atoms with Gasteiger partial charge in [-0.15, -0.1) is 0 Å². The molecule has 0 spiro atoms. The van der Waals surface area contributed by atoms with Crippen LogP contribution in [0.3, 0.4) is 0 Å². The van der Waals surface area contributed by atoms with Crippen LogP contribution in [0.25, 0.3) is 0 Å². The van der Waals surface area contributed by atoms with Gasteiger partial charge in [-0.2, -0.15) is 0 Å². The second kappa shape index (κ2) is 19.3. The molecule has 0 aromatic heterocycles. The average Bonchev–Trinajstić information content (AvgIpc) is 3.41. The quantitative estimate of drug-likeness (QED) is 0.0610. The molecule has 0 aliphatic heterocycles. The first-order valence-corrected chi connectivity index (χ1v) is 21.0. The second-order valence-electron chi connectivity index (χ2n) is 17.8. The predicted molar refractivity (Wildman–Crippen MR) is 204 cm³/mol. The van der Waals surface area contributed by atoms with Crippen molar-refractivity contribution in [2.45, 2.75) is 195 Å². The Labute approximate surface area is 297 Å². The van der Waals surface area contributed by atoms with E-state index < -0.39 is 0 Å². The molecule has 9 atom stereocenters. The van der Waals surface area contributed by atoms with Crippen molar-refractivity contribution in [2.24, 2.45) is 46.3 Å². The van der Waals surface area contributed by atoms with Crippen molar-refractivity contribution >= 4 is 5.97 Å². The lowest BCUT2D eigenvalue weighted by molar-refractivity contribution is -0.151. The number of ether oxygens (including phenoxy) is 1. The van der Waals surface area contributed by atoms with Crippen LogP contribution in [0.15, 0.2) is 36.0 Å². The molecule has 0 bridgehead atoms. The third-order valence-electron chi connectivity index (χ3n) is 14.0. The molecule has 1 N–H and O–H groups in total. The number of hydrogen-bond acceptors (Lipinski definition) is 3. The maximum Gasteiger partial charge on any atom is 0.306 e. The van der Waals surface area contributed by atoms with E-state index in [0.29, 0.717) is 17.3 Å². The number of aliphatic hydroxyl groups excluding tert-OH is 1. The van der Waals surface area contributed by atoms with E-state index in [9.17, 15) is 9.90 Å². The summed E-state index contributed by atoms with van der Waals surface area (Å²) in [6.45, 7) is 14.8. The molecular weight excluding hydrogens is 588 g/mol. The standard InChI is InChI=1S/C45H76O3/c1-7-8-9-10-11-13-16-22-37(46)23-17-14-12-15-18-24-43(47)48-38-29-31-44(5)36(33-38)25-26-39-41-28-27-40(35(4)21-19-20-34(2)3)45(41,6)32-30-42(39)44/h11,13,16,22,25,34-35,37-42,46H,7-10,12,14-15,17-21,23-24,26-33H2,1-6H3/b13-11-,22-16-/t35-,37-,38+,39+,40-,41+,42+,44+,45-/m1/s1. The molecule has 3 nitrogen and oxygen atoms in total. The maximum atomic E-state index is 12.8. The molecular formula is C45H76O3. The molecule has 4 aliphatic carbocycles. The third-order valence-corrected chi connectivity index (χ3v) is 14.0. The fourth-order valence-corrected chi connectivity index (χ4v) is 11.1. The molecule has 0 radical (unpaired) electrons. The highest BCUT2D eigenvalue weighted by molar-refractivity contribution is 5.69. The minimum Gasteiger partial charge on any atom is -0.462 e. The molecule has 3 heteroatoms. The first-order chi connectivity index (χ1) is 23.1. The maximum absolute atomic E-state index is 12.8. The van der Waals surface area contributed by atoms with Gasteiger partial charge in [-0.05, 0) is 117 Å². The van der Waals surface area contributed by atoms with Crippen LogP contribution in [0.1, 0.15) is 183 Å². The smallest absolute Gasteiger partial charge is 0.306 e. The number of carbonyl (C=O) groups is 1. The number of allylic oxidation sites excluding steroid dienone is 4. The van der Waals surface area contributed by atoms with Crippen molar-refractivity contribution in [3.05, 3.63) is 36.0 Å². The summed E-state index contributed by atoms with van der Waals surface area (Å²) in [4.78, 5) is 12.8. The minimum atomic E-state index is -0.353. The van der Waals surface area contributed by atoms with Gasteiger partial charge in [0, 0.05) is 12.8 Å². The van der Waals surface area contributed by atoms with Gasteiger partial charge in [-0.1, -0.05) is 135 Å². The number of hydrogen-bond donors (Lipinski definition) is 1. The van der Waals surface area contributed by atoms with Crippen LogP contribution in [0.4, 0.5) is 0 Å². The summed E-state index contributed by atoms with van der Waals surface area (Å²) < 4.78 is 6.10. The van der Waals surface area contributed by atoms with Crippen molar-refractivity contribution < 1.29 is 14.6 Å². The summed E-state index contributed by atoms with van der Waals surface area (Å²) >= 11 is 0. The van der Waals surface area contributed by atoms with Gasteiger partial charge in [0.2, 0.25) is 0 Å². The molecule has 0 amide bonds. The van der Waals surface area contributed by atoms with E-state index in [0.717, 1.165) is 93.3 Å². The van der Waals surface area contributed by atoms with Crippen LogP contribution in [-0.2, 0) is 9.53 Å². The third kappa shape index (κ3) is 10.6. The predicted octanol–water partition coefficient (Wildman–Crippen LogP) is 12.7. The lowest BCUT2D eigenvalue weighted by atomic mass is 9.47. The normalized spacial score (nSPS) is 33.0. The van der Waals surface area contributed by atoms with Gasteiger partial charge in [0.25, 0.3) is 0 Å². The van der Waals surface area contributed by atoms with Crippen molar-refractivity contribution in [1.29, 1.82) is 0 Å². The Morgan fingerprint density at radius 2 is 1.69 bits per heavy atom. The van der Waals surface area contributed by atoms with Crippen molar-refractivity contribution in [3.8, 4) is 0 Å². The molecule has 274 valence electrons. The first-order valence-electron chi connectivity index (χ1n) is 21.0. The van der Waals surface area contributed by atoms with Gasteiger partial charge >= 0.3 is 5.97 Å². The van der Waals surface area contributed by atoms with E-state index >= 15 is 0 Å². The Kier molecular flexibility index (Phi) is 15.9. The van der Waals surface area contributed by atoms with Crippen LogP contribution >= 0.6 is 0 Å². The minimum absolute atomic E-state index is 0.00846. The van der Waals surface area contributed by atoms with E-state index in [4.69, 9.17) is 4.74 Å². The highest BCUT2D eigenvalue weighted by atomic mass is 16.5. The van der Waals surface area contributed by atoms with E-state index in [-0.39, 0.29) is 18.2 Å². The monoisotopic (exact) mass is 665 g/mol. The molecule has 48 heavy (non-hydrogen) atoms. The van der Waals surface area contributed by atoms with Gasteiger partial charge in [0.1, 0.15) is 6.10 Å². The number of esters is 1. The molecule has 0 unspecified atom stereocenters. The molecule has 3 fully saturated rings. The van der Waals surface area contributed by atoms with Gasteiger partial charge in [-0.3, -0.25) is 4.79 Å². The summed E-state index contributed by atoms with van der Waals surface area (Å²) in [6, 6.07) is 0. The number of aliphatic hydroxyl groups is 1. The average molecular weight is 665 g/mol. The number of fused-ring (bicyclic) bond motifs is 5. The van der Waals surface area contributed by atoms with Gasteiger partial charge in [0.15, 0.2) is 0 Å². The Balaban J connectivity index is 1.13. The molecule has 3 saturated carbocycles. The Bertz CT molecular complexity index is 1050. The fourth-order valence-electron chi connectivity index (χ4n) is 11.1. The summed E-state index contributed by atoms with van der Waals surface area (Å²) in [6.07, 6.45) is 36.4. The van der Waals surface area contributed by atoms with Crippen molar-refractivity contribution in [2.75, 3.05) is 0 Å². The highest BCUT2D eigenvalue weighted by Gasteiger charge is 2.59. The van der Waals surface area contributed by atoms with E-state index in [1.807, 2.05) is 12.2 Å². The van der Waals surface area contributed by atoms with Crippen molar-refractivity contribution in [1.82, 2.24) is 0 Å². The number of carbonyl (C=O) groups excluding carboxylic acids is 1. The number of rotatable bonds is 20. The lowest BCUT2D eigenvalue weighted by Gasteiger charge is -2.58. The summed E-state index contributed by atoms with van der Waals surface area (Å²) in [5.41, 5.74) is 2.46. The zero-order chi connectivity index (χ0) is 34.6. The largest absolute Gasteiger partial charge is 0.462 e. The molecule has 0 saturated heterocycles. The number of unbranched alkanes of at least 4 members (excludes halogenated alkanes) is 7. The van der Waals surface area contributed by atoms with E-state index in [1.54, 1.807) is 5.57 Å². The SMILES string of the molecule is CCCCC/C=C\C=C/[C@@H](O)CCCCCCCC(=O)O[C@H]1CC[C@@]2(C)C(=CC[C@H]3[C@@H]4CC[C@H]([C@H](C)CCCC(C)C)[C@@]4(C)CC[C@@H]32)C1. The van der Waals surface area contributed by atoms with E-state index in [1.165, 1.54) is 77.0 Å². The lowest BCUT2D eigenvalue weighted by Crippen LogP contribution is -2.51. The molecule has 0 aromatic rings. The topological polar surface area (TPSA) is 46.5 Å². The van der Waals surface area contributed by atoms with Crippen LogP contribution in [-0.4, -0.2) is 23.3 Å². The van der Waals surface area contributed by atoms with Crippen LogP contribution < -0.4 is 0 Å². The van der Waals surface area contributed by atoms with Crippen molar-refractivity contribution in [3.63, 3.8) is 0 Å². The summed E-state index contributed by atoms with van der Waals surface area (Å²) in [5, 5.41) is 10.2. The fraction of sp³-hybridized carbons (Fsp3) is 0.844.